The van der Waals surface area contributed by atoms with Gasteiger partial charge in [0, 0.05) is 12.5 Å². The van der Waals surface area contributed by atoms with Crippen LogP contribution in [0, 0.1) is 11.6 Å². The van der Waals surface area contributed by atoms with Gasteiger partial charge in [0.1, 0.15) is 34.5 Å². The summed E-state index contributed by atoms with van der Waals surface area (Å²) in [5.41, 5.74) is -3.81. The molecule has 2 aromatic heterocycles. The second-order valence-electron chi connectivity index (χ2n) is 8.18. The largest absolute Gasteiger partial charge is 0.496 e. The molecule has 1 amide bonds. The SMILES string of the molecule is COc1cccc2[nH]c(=O)n([C@@H](CC(C)(C)F)C(=O)N[C@H](C)c3ncc(F)cc3F)c(=O)c12. The highest BCUT2D eigenvalue weighted by atomic mass is 19.1. The van der Waals surface area contributed by atoms with Gasteiger partial charge in [-0.05, 0) is 32.9 Å². The molecule has 0 spiro atoms. The molecule has 0 saturated heterocycles. The first kappa shape index (κ1) is 24.0. The molecule has 0 aliphatic rings. The molecule has 0 fully saturated rings. The summed E-state index contributed by atoms with van der Waals surface area (Å²) in [6, 6.07) is 2.53. The molecule has 0 radical (unpaired) electrons. The van der Waals surface area contributed by atoms with E-state index in [1.54, 1.807) is 6.07 Å². The zero-order valence-corrected chi connectivity index (χ0v) is 18.4. The van der Waals surface area contributed by atoms with Gasteiger partial charge >= 0.3 is 5.69 Å². The van der Waals surface area contributed by atoms with E-state index in [0.29, 0.717) is 10.6 Å². The Bertz CT molecular complexity index is 1310. The Morgan fingerprint density at radius 3 is 2.61 bits per heavy atom. The van der Waals surface area contributed by atoms with E-state index in [4.69, 9.17) is 4.74 Å². The van der Waals surface area contributed by atoms with Crippen LogP contribution in [-0.2, 0) is 4.79 Å². The number of amides is 1. The van der Waals surface area contributed by atoms with Crippen LogP contribution in [-0.4, -0.2) is 33.2 Å². The lowest BCUT2D eigenvalue weighted by atomic mass is 9.99. The maximum atomic E-state index is 14.6. The van der Waals surface area contributed by atoms with E-state index >= 15 is 0 Å². The number of carbonyl (C=O) groups excluding carboxylic acids is 1. The maximum absolute atomic E-state index is 14.6. The van der Waals surface area contributed by atoms with Gasteiger partial charge in [-0.15, -0.1) is 0 Å². The molecule has 0 bridgehead atoms. The molecule has 1 aromatic carbocycles. The molecule has 3 aromatic rings. The van der Waals surface area contributed by atoms with Crippen molar-refractivity contribution >= 4 is 16.8 Å². The Morgan fingerprint density at radius 1 is 1.30 bits per heavy atom. The average molecular weight is 464 g/mol. The van der Waals surface area contributed by atoms with Gasteiger partial charge in [0.05, 0.1) is 30.6 Å². The zero-order valence-electron chi connectivity index (χ0n) is 18.4. The van der Waals surface area contributed by atoms with E-state index < -0.39 is 53.0 Å². The van der Waals surface area contributed by atoms with Crippen molar-refractivity contribution < 1.29 is 22.7 Å². The third-order valence-electron chi connectivity index (χ3n) is 5.04. The van der Waals surface area contributed by atoms with Gasteiger partial charge in [-0.3, -0.25) is 14.6 Å². The number of nitrogens with zero attached hydrogens (tertiary/aromatic N) is 2. The van der Waals surface area contributed by atoms with Crippen molar-refractivity contribution in [1.29, 1.82) is 0 Å². The second kappa shape index (κ2) is 9.08. The van der Waals surface area contributed by atoms with Crippen molar-refractivity contribution in [2.75, 3.05) is 7.11 Å². The smallest absolute Gasteiger partial charge is 0.329 e. The summed E-state index contributed by atoms with van der Waals surface area (Å²) in [6.45, 7) is 3.77. The highest BCUT2D eigenvalue weighted by Crippen LogP contribution is 2.26. The number of fused-ring (bicyclic) bond motifs is 1. The predicted octanol–water partition coefficient (Wildman–Crippen LogP) is 2.93. The molecule has 0 saturated carbocycles. The van der Waals surface area contributed by atoms with Gasteiger partial charge < -0.3 is 15.0 Å². The van der Waals surface area contributed by atoms with Crippen LogP contribution in [0.2, 0.25) is 0 Å². The number of halogens is 3. The summed E-state index contributed by atoms with van der Waals surface area (Å²) >= 11 is 0. The van der Waals surface area contributed by atoms with Gasteiger partial charge in [0.25, 0.3) is 5.56 Å². The van der Waals surface area contributed by atoms with Crippen LogP contribution in [0.3, 0.4) is 0 Å². The number of hydrogen-bond acceptors (Lipinski definition) is 5. The molecule has 2 atom stereocenters. The Hall–Kier alpha value is -3.63. The summed E-state index contributed by atoms with van der Waals surface area (Å²) in [5, 5.41) is 2.44. The third kappa shape index (κ3) is 5.07. The van der Waals surface area contributed by atoms with Crippen molar-refractivity contribution in [2.45, 2.75) is 44.9 Å². The van der Waals surface area contributed by atoms with Crippen LogP contribution in [0.1, 0.15) is 45.0 Å². The molecule has 0 aliphatic heterocycles. The van der Waals surface area contributed by atoms with Crippen LogP contribution in [0.4, 0.5) is 13.2 Å². The minimum absolute atomic E-state index is 0.00774. The van der Waals surface area contributed by atoms with Crippen LogP contribution < -0.4 is 21.3 Å². The first-order valence-corrected chi connectivity index (χ1v) is 10.0. The van der Waals surface area contributed by atoms with Gasteiger partial charge in [-0.25, -0.2) is 22.5 Å². The fourth-order valence-electron chi connectivity index (χ4n) is 3.58. The summed E-state index contributed by atoms with van der Waals surface area (Å²) in [7, 11) is 1.34. The molecule has 0 aliphatic carbocycles. The lowest BCUT2D eigenvalue weighted by molar-refractivity contribution is -0.126. The maximum Gasteiger partial charge on any atom is 0.329 e. The molecule has 2 heterocycles. The van der Waals surface area contributed by atoms with Crippen molar-refractivity contribution in [3.05, 3.63) is 68.6 Å². The summed E-state index contributed by atoms with van der Waals surface area (Å²) in [5.74, 6) is -2.64. The van der Waals surface area contributed by atoms with E-state index in [1.807, 2.05) is 0 Å². The fraction of sp³-hybridized carbons (Fsp3) is 0.364. The number of H-pyrrole nitrogens is 1. The van der Waals surface area contributed by atoms with E-state index in [0.717, 1.165) is 6.20 Å². The van der Waals surface area contributed by atoms with Crippen LogP contribution in [0.25, 0.3) is 10.9 Å². The van der Waals surface area contributed by atoms with Crippen molar-refractivity contribution in [1.82, 2.24) is 19.9 Å². The first-order chi connectivity index (χ1) is 15.4. The lowest BCUT2D eigenvalue weighted by Crippen LogP contribution is -2.47. The molecule has 0 unspecified atom stereocenters. The standard InChI is InChI=1S/C22H23F3N4O4/c1-11(18-13(24)8-12(23)10-26-18)27-19(30)15(9-22(2,3)25)29-20(31)17-14(28-21(29)32)6-5-7-16(17)33-4/h5-8,10-11,15H,9H2,1-4H3,(H,27,30)(H,28,32)/t11-,15+/m1/s1. The van der Waals surface area contributed by atoms with Crippen molar-refractivity contribution in [3.8, 4) is 5.75 Å². The number of rotatable bonds is 7. The van der Waals surface area contributed by atoms with Crippen LogP contribution in [0.15, 0.2) is 40.1 Å². The number of aromatic nitrogens is 3. The van der Waals surface area contributed by atoms with E-state index in [9.17, 15) is 27.6 Å². The molecular weight excluding hydrogens is 441 g/mol. The number of methoxy groups -OCH3 is 1. The van der Waals surface area contributed by atoms with Gasteiger partial charge in [0.2, 0.25) is 5.91 Å². The fourth-order valence-corrected chi connectivity index (χ4v) is 3.58. The van der Waals surface area contributed by atoms with Gasteiger partial charge in [-0.2, -0.15) is 0 Å². The number of nitrogens with one attached hydrogen (secondary N) is 2. The number of aromatic amines is 1. The Balaban J connectivity index is 2.10. The van der Waals surface area contributed by atoms with E-state index in [2.05, 4.69) is 15.3 Å². The highest BCUT2D eigenvalue weighted by Gasteiger charge is 2.33. The van der Waals surface area contributed by atoms with Crippen molar-refractivity contribution in [2.24, 2.45) is 0 Å². The van der Waals surface area contributed by atoms with Crippen LogP contribution >= 0.6 is 0 Å². The zero-order chi connectivity index (χ0) is 24.5. The molecule has 33 heavy (non-hydrogen) atoms. The lowest BCUT2D eigenvalue weighted by Gasteiger charge is -2.25. The minimum Gasteiger partial charge on any atom is -0.496 e. The van der Waals surface area contributed by atoms with E-state index in [-0.39, 0.29) is 22.3 Å². The van der Waals surface area contributed by atoms with Crippen LogP contribution in [0.5, 0.6) is 5.75 Å². The first-order valence-electron chi connectivity index (χ1n) is 10.0. The normalized spacial score (nSPS) is 13.5. The topological polar surface area (TPSA) is 106 Å². The number of carbonyl (C=O) groups is 1. The second-order valence-corrected chi connectivity index (χ2v) is 8.18. The molecular formula is C22H23F3N4O4. The van der Waals surface area contributed by atoms with E-state index in [1.165, 1.54) is 40.0 Å². The molecule has 176 valence electrons. The summed E-state index contributed by atoms with van der Waals surface area (Å²) in [6.07, 6.45) is 0.253. The number of pyridine rings is 1. The monoisotopic (exact) mass is 464 g/mol. The third-order valence-corrected chi connectivity index (χ3v) is 5.04. The highest BCUT2D eigenvalue weighted by molar-refractivity contribution is 5.85. The predicted molar refractivity (Wildman–Crippen MR) is 115 cm³/mol. The van der Waals surface area contributed by atoms with Crippen molar-refractivity contribution in [3.63, 3.8) is 0 Å². The number of benzene rings is 1. The minimum atomic E-state index is -1.95. The summed E-state index contributed by atoms with van der Waals surface area (Å²) in [4.78, 5) is 45.3. The average Bonchev–Trinajstić information content (AvgIpc) is 2.71. The summed E-state index contributed by atoms with van der Waals surface area (Å²) < 4.78 is 47.7. The Kier molecular flexibility index (Phi) is 6.61. The molecule has 2 N–H and O–H groups in total. The Labute approximate surface area is 186 Å². The molecule has 8 nitrogen and oxygen atoms in total. The number of ether oxygens (including phenoxy) is 1. The van der Waals surface area contributed by atoms with Gasteiger partial charge in [-0.1, -0.05) is 6.07 Å². The quantitative estimate of drug-likeness (QED) is 0.559. The van der Waals surface area contributed by atoms with Gasteiger partial charge in [0.15, 0.2) is 0 Å². The molecule has 11 heteroatoms. The molecule has 3 rings (SSSR count). The number of alkyl halides is 1. The Morgan fingerprint density at radius 2 is 2.00 bits per heavy atom. The number of hydrogen-bond donors (Lipinski definition) is 2.